The van der Waals surface area contributed by atoms with Crippen molar-refractivity contribution in [2.75, 3.05) is 6.54 Å². The highest BCUT2D eigenvalue weighted by atomic mass is 19.1. The molecule has 0 bridgehead atoms. The van der Waals surface area contributed by atoms with E-state index in [1.165, 1.54) is 45.1 Å². The minimum Gasteiger partial charge on any atom is -0.507 e. The SMILES string of the molecule is CC(=O)c1cc(F)cc(CN2CCC3CCCCC32)c1O. The van der Waals surface area contributed by atoms with E-state index >= 15 is 0 Å². The zero-order valence-corrected chi connectivity index (χ0v) is 12.4. The Hall–Kier alpha value is -1.42. The molecule has 1 aliphatic heterocycles. The number of fused-ring (bicyclic) bond motifs is 1. The third-order valence-corrected chi connectivity index (χ3v) is 5.03. The van der Waals surface area contributed by atoms with Crippen LogP contribution < -0.4 is 0 Å². The van der Waals surface area contributed by atoms with Gasteiger partial charge in [-0.25, -0.2) is 4.39 Å². The molecule has 2 fully saturated rings. The van der Waals surface area contributed by atoms with Gasteiger partial charge >= 0.3 is 0 Å². The van der Waals surface area contributed by atoms with E-state index in [0.717, 1.165) is 18.5 Å². The number of hydrogen-bond donors (Lipinski definition) is 1. The maximum absolute atomic E-state index is 13.7. The zero-order chi connectivity index (χ0) is 15.0. The Bertz CT molecular complexity index is 558. The lowest BCUT2D eigenvalue weighted by Crippen LogP contribution is -2.34. The van der Waals surface area contributed by atoms with Gasteiger partial charge in [0, 0.05) is 18.2 Å². The van der Waals surface area contributed by atoms with Crippen LogP contribution >= 0.6 is 0 Å². The highest BCUT2D eigenvalue weighted by Gasteiger charge is 2.35. The Labute approximate surface area is 124 Å². The summed E-state index contributed by atoms with van der Waals surface area (Å²) >= 11 is 0. The predicted molar refractivity (Wildman–Crippen MR) is 78.8 cm³/mol. The number of rotatable bonds is 3. The first-order valence-electron chi connectivity index (χ1n) is 7.82. The molecule has 0 radical (unpaired) electrons. The average Bonchev–Trinajstić information content (AvgIpc) is 2.85. The summed E-state index contributed by atoms with van der Waals surface area (Å²) in [6.45, 7) is 2.89. The lowest BCUT2D eigenvalue weighted by atomic mass is 9.85. The van der Waals surface area contributed by atoms with Gasteiger partial charge in [-0.1, -0.05) is 12.8 Å². The number of Topliss-reactive ketones (excluding diaryl/α,β-unsaturated/α-hetero) is 1. The van der Waals surface area contributed by atoms with Crippen molar-refractivity contribution in [3.63, 3.8) is 0 Å². The second-order valence-electron chi connectivity index (χ2n) is 6.39. The first kappa shape index (κ1) is 14.5. The third kappa shape index (κ3) is 2.82. The van der Waals surface area contributed by atoms with Crippen molar-refractivity contribution < 1.29 is 14.3 Å². The summed E-state index contributed by atoms with van der Waals surface area (Å²) in [6.07, 6.45) is 6.25. The van der Waals surface area contributed by atoms with Gasteiger partial charge in [0.2, 0.25) is 0 Å². The number of halogens is 1. The summed E-state index contributed by atoms with van der Waals surface area (Å²) in [5, 5.41) is 10.2. The summed E-state index contributed by atoms with van der Waals surface area (Å²) in [5.74, 6) is -0.0532. The Morgan fingerprint density at radius 1 is 1.33 bits per heavy atom. The number of hydrogen-bond acceptors (Lipinski definition) is 3. The number of ketones is 1. The van der Waals surface area contributed by atoms with Crippen LogP contribution in [-0.4, -0.2) is 28.4 Å². The maximum atomic E-state index is 13.7. The molecule has 1 aromatic carbocycles. The van der Waals surface area contributed by atoms with Crippen LogP contribution in [0.25, 0.3) is 0 Å². The molecule has 0 aromatic heterocycles. The van der Waals surface area contributed by atoms with Gasteiger partial charge in [0.15, 0.2) is 5.78 Å². The molecule has 1 heterocycles. The fourth-order valence-electron chi connectivity index (χ4n) is 3.96. The van der Waals surface area contributed by atoms with Crippen molar-refractivity contribution in [3.05, 3.63) is 29.1 Å². The predicted octanol–water partition coefficient (Wildman–Crippen LogP) is 3.50. The third-order valence-electron chi connectivity index (χ3n) is 5.03. The zero-order valence-electron chi connectivity index (χ0n) is 12.4. The molecular weight excluding hydrogens is 269 g/mol. The van der Waals surface area contributed by atoms with E-state index in [1.54, 1.807) is 0 Å². The van der Waals surface area contributed by atoms with E-state index in [4.69, 9.17) is 0 Å². The molecule has 1 N–H and O–H groups in total. The van der Waals surface area contributed by atoms with Crippen molar-refractivity contribution >= 4 is 5.78 Å². The topological polar surface area (TPSA) is 40.5 Å². The molecule has 2 atom stereocenters. The molecular formula is C17H22FNO2. The Balaban J connectivity index is 1.83. The van der Waals surface area contributed by atoms with Crippen LogP contribution in [0.15, 0.2) is 12.1 Å². The number of aromatic hydroxyl groups is 1. The van der Waals surface area contributed by atoms with Gasteiger partial charge in [0.25, 0.3) is 0 Å². The fraction of sp³-hybridized carbons (Fsp3) is 0.588. The van der Waals surface area contributed by atoms with E-state index in [9.17, 15) is 14.3 Å². The second kappa shape index (κ2) is 5.76. The van der Waals surface area contributed by atoms with Gasteiger partial charge < -0.3 is 5.11 Å². The van der Waals surface area contributed by atoms with Crippen molar-refractivity contribution in [2.24, 2.45) is 5.92 Å². The van der Waals surface area contributed by atoms with E-state index in [2.05, 4.69) is 4.90 Å². The molecule has 2 unspecified atom stereocenters. The van der Waals surface area contributed by atoms with Crippen LogP contribution in [0.5, 0.6) is 5.75 Å². The Morgan fingerprint density at radius 2 is 2.10 bits per heavy atom. The standard InChI is InChI=1S/C17H22FNO2/c1-11(20)15-9-14(18)8-13(17(15)21)10-19-7-6-12-4-2-3-5-16(12)19/h8-9,12,16,21H,2-7,10H2,1H3. The number of likely N-dealkylation sites (tertiary alicyclic amines) is 1. The number of carbonyl (C=O) groups is 1. The first-order valence-corrected chi connectivity index (χ1v) is 7.82. The maximum Gasteiger partial charge on any atom is 0.163 e. The number of phenols is 1. The number of carbonyl (C=O) groups excluding carboxylic acids is 1. The van der Waals surface area contributed by atoms with Crippen LogP contribution in [0.4, 0.5) is 4.39 Å². The van der Waals surface area contributed by atoms with Gasteiger partial charge in [-0.2, -0.15) is 0 Å². The highest BCUT2D eigenvalue weighted by molar-refractivity contribution is 5.97. The number of benzene rings is 1. The summed E-state index contributed by atoms with van der Waals surface area (Å²) in [5.41, 5.74) is 0.621. The van der Waals surface area contributed by atoms with E-state index < -0.39 is 5.82 Å². The molecule has 0 spiro atoms. The summed E-state index contributed by atoms with van der Waals surface area (Å²) in [6, 6.07) is 3.04. The fourth-order valence-corrected chi connectivity index (χ4v) is 3.96. The minimum atomic E-state index is -0.451. The monoisotopic (exact) mass is 291 g/mol. The van der Waals surface area contributed by atoms with Crippen LogP contribution in [0, 0.1) is 11.7 Å². The normalized spacial score (nSPS) is 25.8. The second-order valence-corrected chi connectivity index (χ2v) is 6.39. The molecule has 1 saturated carbocycles. The molecule has 1 saturated heterocycles. The van der Waals surface area contributed by atoms with Gasteiger partial charge in [0.05, 0.1) is 5.56 Å². The highest BCUT2D eigenvalue weighted by Crippen LogP contribution is 2.38. The molecule has 3 rings (SSSR count). The Morgan fingerprint density at radius 3 is 2.86 bits per heavy atom. The van der Waals surface area contributed by atoms with Crippen LogP contribution in [0.3, 0.4) is 0 Å². The van der Waals surface area contributed by atoms with E-state index in [0.29, 0.717) is 18.2 Å². The van der Waals surface area contributed by atoms with Gasteiger partial charge in [-0.05, 0) is 50.8 Å². The minimum absolute atomic E-state index is 0.0526. The lowest BCUT2D eigenvalue weighted by Gasteiger charge is -2.32. The van der Waals surface area contributed by atoms with Crippen molar-refractivity contribution in [2.45, 2.75) is 51.6 Å². The van der Waals surface area contributed by atoms with Crippen LogP contribution in [0.1, 0.15) is 54.9 Å². The average molecular weight is 291 g/mol. The number of phenolic OH excluding ortho intramolecular Hbond substituents is 1. The van der Waals surface area contributed by atoms with Gasteiger partial charge in [-0.3, -0.25) is 9.69 Å². The molecule has 2 aliphatic rings. The summed E-state index contributed by atoms with van der Waals surface area (Å²) < 4.78 is 13.7. The molecule has 1 aromatic rings. The van der Waals surface area contributed by atoms with Crippen molar-refractivity contribution in [1.29, 1.82) is 0 Å². The largest absolute Gasteiger partial charge is 0.507 e. The molecule has 3 nitrogen and oxygen atoms in total. The lowest BCUT2D eigenvalue weighted by molar-refractivity contribution is 0.101. The van der Waals surface area contributed by atoms with Gasteiger partial charge in [-0.15, -0.1) is 0 Å². The molecule has 114 valence electrons. The van der Waals surface area contributed by atoms with E-state index in [-0.39, 0.29) is 17.1 Å². The quantitative estimate of drug-likeness (QED) is 0.867. The number of nitrogens with zero attached hydrogens (tertiary/aromatic N) is 1. The Kier molecular flexibility index (Phi) is 3.98. The molecule has 0 amide bonds. The van der Waals surface area contributed by atoms with E-state index in [1.807, 2.05) is 0 Å². The summed E-state index contributed by atoms with van der Waals surface area (Å²) in [4.78, 5) is 13.8. The first-order chi connectivity index (χ1) is 10.1. The van der Waals surface area contributed by atoms with Crippen LogP contribution in [0.2, 0.25) is 0 Å². The van der Waals surface area contributed by atoms with Crippen LogP contribution in [-0.2, 0) is 6.54 Å². The molecule has 21 heavy (non-hydrogen) atoms. The van der Waals surface area contributed by atoms with Crippen molar-refractivity contribution in [1.82, 2.24) is 4.90 Å². The molecule has 4 heteroatoms. The van der Waals surface area contributed by atoms with Gasteiger partial charge in [0.1, 0.15) is 11.6 Å². The summed E-state index contributed by atoms with van der Waals surface area (Å²) in [7, 11) is 0. The molecule has 1 aliphatic carbocycles. The smallest absolute Gasteiger partial charge is 0.163 e. The van der Waals surface area contributed by atoms with Crippen molar-refractivity contribution in [3.8, 4) is 5.75 Å².